The van der Waals surface area contributed by atoms with Gasteiger partial charge < -0.3 is 10.6 Å². The number of hydrogen-bond donors (Lipinski definition) is 2. The second-order valence-electron chi connectivity index (χ2n) is 16.4. The van der Waals surface area contributed by atoms with Crippen LogP contribution < -0.4 is 10.6 Å². The van der Waals surface area contributed by atoms with Gasteiger partial charge in [-0.05, 0) is 108 Å². The van der Waals surface area contributed by atoms with Crippen LogP contribution in [0.3, 0.4) is 0 Å². The Morgan fingerprint density at radius 3 is 1.11 bits per heavy atom. The minimum atomic E-state index is -0.465. The largest absolute Gasteiger partial charge is 0.323 e. The van der Waals surface area contributed by atoms with Crippen molar-refractivity contribution in [3.05, 3.63) is 177 Å². The van der Waals surface area contributed by atoms with Crippen LogP contribution in [0.1, 0.15) is 103 Å². The van der Waals surface area contributed by atoms with Crippen LogP contribution in [0, 0.1) is 11.6 Å². The molecule has 0 amide bonds. The standard InChI is InChI=1S/C54H40F2N8O4S4/c1-3-5-27-69-51-59-49(61-53(63-51)71-31-19-15-29(55)16-20-31)57-39-25-23-33(41-43(39)47(67)37-13-9-7-11-35(37)45(41)65)34-24-26-40(44-42(34)46(66)36-12-8-10-14-38(36)48(44)68)58-50-60-52(70-28-6-4-2)64-54(62-50)72-32-21-17-30(56)18-22-32/h7-26H,3-6,27-28H2,1-2H3,(H,57,59,61,63)(H,58,60,62,64). The lowest BCUT2D eigenvalue weighted by Crippen LogP contribution is -2.25. The summed E-state index contributed by atoms with van der Waals surface area (Å²) < 4.78 is 27.7. The summed E-state index contributed by atoms with van der Waals surface area (Å²) in [6.45, 7) is 4.17. The molecule has 2 aliphatic rings. The fourth-order valence-corrected chi connectivity index (χ4v) is 11.6. The second kappa shape index (κ2) is 21.3. The second-order valence-corrected chi connectivity index (χ2v) is 20.6. The van der Waals surface area contributed by atoms with Gasteiger partial charge in [-0.1, -0.05) is 111 Å². The maximum absolute atomic E-state index is 15.0. The predicted octanol–water partition coefficient (Wildman–Crippen LogP) is 13.1. The summed E-state index contributed by atoms with van der Waals surface area (Å²) >= 11 is 5.33. The number of anilines is 4. The zero-order valence-electron chi connectivity index (χ0n) is 38.5. The highest BCUT2D eigenvalue weighted by Gasteiger charge is 2.39. The van der Waals surface area contributed by atoms with Crippen LogP contribution >= 0.6 is 47.0 Å². The minimum absolute atomic E-state index is 0.0203. The molecule has 0 saturated heterocycles. The molecule has 6 aromatic carbocycles. The number of aromatic nitrogens is 6. The molecular formula is C54H40F2N8O4S4. The van der Waals surface area contributed by atoms with Crippen molar-refractivity contribution in [2.75, 3.05) is 22.1 Å². The molecule has 0 unspecified atom stereocenters. The van der Waals surface area contributed by atoms with Gasteiger partial charge in [0.15, 0.2) is 43.8 Å². The number of hydrogen-bond acceptors (Lipinski definition) is 16. The number of ketones is 4. The third kappa shape index (κ3) is 10.0. The van der Waals surface area contributed by atoms with E-state index in [9.17, 15) is 28.0 Å². The van der Waals surface area contributed by atoms with Gasteiger partial charge >= 0.3 is 0 Å². The molecule has 2 aromatic heterocycles. The molecule has 12 nitrogen and oxygen atoms in total. The van der Waals surface area contributed by atoms with Crippen LogP contribution in [0.15, 0.2) is 152 Å². The maximum Gasteiger partial charge on any atom is 0.232 e. The van der Waals surface area contributed by atoms with Gasteiger partial charge in [-0.2, -0.15) is 29.9 Å². The Bertz CT molecular complexity index is 3250. The SMILES string of the molecule is CCCCSc1nc(Nc2ccc(-c3ccc(Nc4nc(SCCCC)nc(Sc5ccc(F)cc5)n4)c4c3C(=O)c3ccccc3C4=O)c3c2C(=O)c2ccccc2C3=O)nc(Sc2ccc(F)cc2)n1. The Kier molecular flexibility index (Phi) is 14.4. The summed E-state index contributed by atoms with van der Waals surface area (Å²) in [4.78, 5) is 89.3. The molecule has 8 aromatic rings. The topological polar surface area (TPSA) is 170 Å². The van der Waals surface area contributed by atoms with Crippen LogP contribution in [0.25, 0.3) is 11.1 Å². The van der Waals surface area contributed by atoms with E-state index >= 15 is 0 Å². The molecule has 2 heterocycles. The quantitative estimate of drug-likeness (QED) is 0.0652. The fourth-order valence-electron chi connectivity index (χ4n) is 8.18. The zero-order chi connectivity index (χ0) is 49.9. The molecular weight excluding hydrogens is 991 g/mol. The van der Waals surface area contributed by atoms with Crippen molar-refractivity contribution >= 4 is 93.5 Å². The Labute approximate surface area is 429 Å². The monoisotopic (exact) mass is 1030 g/mol. The number of thioether (sulfide) groups is 2. The molecule has 2 aliphatic carbocycles. The third-order valence-electron chi connectivity index (χ3n) is 11.6. The highest BCUT2D eigenvalue weighted by Crippen LogP contribution is 2.45. The van der Waals surface area contributed by atoms with Crippen molar-refractivity contribution in [1.29, 1.82) is 0 Å². The molecule has 18 heteroatoms. The van der Waals surface area contributed by atoms with Crippen LogP contribution in [-0.2, 0) is 0 Å². The van der Waals surface area contributed by atoms with Gasteiger partial charge in [-0.3, -0.25) is 19.2 Å². The number of carbonyl (C=O) groups is 4. The maximum atomic E-state index is 15.0. The highest BCUT2D eigenvalue weighted by atomic mass is 32.2. The minimum Gasteiger partial charge on any atom is -0.323 e. The molecule has 0 spiro atoms. The molecule has 0 aliphatic heterocycles. The summed E-state index contributed by atoms with van der Waals surface area (Å²) in [7, 11) is 0. The number of benzene rings is 6. The Morgan fingerprint density at radius 2 is 0.750 bits per heavy atom. The number of nitrogens with zero attached hydrogens (tertiary/aromatic N) is 6. The number of nitrogens with one attached hydrogen (secondary N) is 2. The number of halogens is 2. The first kappa shape index (κ1) is 48.5. The van der Waals surface area contributed by atoms with Crippen molar-refractivity contribution in [3.63, 3.8) is 0 Å². The van der Waals surface area contributed by atoms with Crippen LogP contribution in [0.5, 0.6) is 0 Å². The van der Waals surface area contributed by atoms with Gasteiger partial charge in [0.05, 0.1) is 22.5 Å². The predicted molar refractivity (Wildman–Crippen MR) is 277 cm³/mol. The third-order valence-corrected chi connectivity index (χ3v) is 15.2. The van der Waals surface area contributed by atoms with Crippen molar-refractivity contribution in [2.24, 2.45) is 0 Å². The van der Waals surface area contributed by atoms with E-state index in [0.29, 0.717) is 30.4 Å². The van der Waals surface area contributed by atoms with Crippen molar-refractivity contribution in [2.45, 2.75) is 69.9 Å². The van der Waals surface area contributed by atoms with Gasteiger partial charge in [0, 0.05) is 54.7 Å². The molecule has 0 bridgehead atoms. The van der Waals surface area contributed by atoms with E-state index in [-0.39, 0.29) is 90.5 Å². The molecule has 0 radical (unpaired) electrons. The lowest BCUT2D eigenvalue weighted by atomic mass is 9.75. The van der Waals surface area contributed by atoms with E-state index in [1.807, 2.05) is 0 Å². The first-order valence-corrected chi connectivity index (χ1v) is 26.6. The van der Waals surface area contributed by atoms with E-state index in [4.69, 9.17) is 19.9 Å². The average Bonchev–Trinajstić information content (AvgIpc) is 3.38. The van der Waals surface area contributed by atoms with Gasteiger partial charge in [0.1, 0.15) is 11.6 Å². The lowest BCUT2D eigenvalue weighted by molar-refractivity contribution is 0.0978. The van der Waals surface area contributed by atoms with E-state index in [1.165, 1.54) is 71.3 Å². The Hall–Kier alpha value is -7.12. The summed E-state index contributed by atoms with van der Waals surface area (Å²) in [5.74, 6) is -0.889. The van der Waals surface area contributed by atoms with E-state index in [1.54, 1.807) is 97.1 Å². The van der Waals surface area contributed by atoms with Crippen LogP contribution in [-0.4, -0.2) is 64.5 Å². The average molecular weight is 1030 g/mol. The normalized spacial score (nSPS) is 12.6. The Morgan fingerprint density at radius 1 is 0.403 bits per heavy atom. The van der Waals surface area contributed by atoms with Crippen LogP contribution in [0.4, 0.5) is 32.1 Å². The van der Waals surface area contributed by atoms with Crippen molar-refractivity contribution in [1.82, 2.24) is 29.9 Å². The lowest BCUT2D eigenvalue weighted by Gasteiger charge is -2.26. The first-order chi connectivity index (χ1) is 35.1. The highest BCUT2D eigenvalue weighted by molar-refractivity contribution is 8.00. The van der Waals surface area contributed by atoms with Crippen molar-refractivity contribution in [3.8, 4) is 11.1 Å². The summed E-state index contributed by atoms with van der Waals surface area (Å²) in [5, 5.41) is 7.98. The number of fused-ring (bicyclic) bond motifs is 4. The van der Waals surface area contributed by atoms with Gasteiger partial charge in [-0.25, -0.2) is 8.78 Å². The molecule has 0 saturated carbocycles. The van der Waals surface area contributed by atoms with E-state index in [2.05, 4.69) is 34.4 Å². The molecule has 2 N–H and O–H groups in total. The fraction of sp³-hybridized carbons (Fsp3) is 0.148. The number of rotatable bonds is 17. The van der Waals surface area contributed by atoms with E-state index in [0.717, 1.165) is 37.2 Å². The zero-order valence-corrected chi connectivity index (χ0v) is 41.8. The molecule has 72 heavy (non-hydrogen) atoms. The molecule has 10 rings (SSSR count). The molecule has 0 atom stereocenters. The van der Waals surface area contributed by atoms with E-state index < -0.39 is 23.1 Å². The first-order valence-electron chi connectivity index (χ1n) is 23.0. The van der Waals surface area contributed by atoms with Gasteiger partial charge in [0.2, 0.25) is 11.9 Å². The summed E-state index contributed by atoms with van der Waals surface area (Å²) in [6.07, 6.45) is 3.76. The van der Waals surface area contributed by atoms with Gasteiger partial charge in [-0.15, -0.1) is 0 Å². The van der Waals surface area contributed by atoms with Crippen LogP contribution in [0.2, 0.25) is 0 Å². The van der Waals surface area contributed by atoms with Crippen molar-refractivity contribution < 1.29 is 28.0 Å². The molecule has 358 valence electrons. The smallest absolute Gasteiger partial charge is 0.232 e. The van der Waals surface area contributed by atoms with Gasteiger partial charge in [0.25, 0.3) is 0 Å². The Balaban J connectivity index is 1.11. The number of unbranched alkanes of at least 4 members (excludes halogenated alkanes) is 2. The molecule has 0 fully saturated rings. The number of carbonyl (C=O) groups excluding carboxylic acids is 4. The summed E-state index contributed by atoms with van der Waals surface area (Å²) in [5.41, 5.74) is 1.79. The summed E-state index contributed by atoms with van der Waals surface area (Å²) in [6, 6.07) is 31.6.